The van der Waals surface area contributed by atoms with Crippen LogP contribution in [0.25, 0.3) is 11.3 Å². The highest BCUT2D eigenvalue weighted by Crippen LogP contribution is 2.25. The van der Waals surface area contributed by atoms with Gasteiger partial charge in [-0.15, -0.1) is 11.3 Å². The van der Waals surface area contributed by atoms with E-state index in [4.69, 9.17) is 11.6 Å². The maximum absolute atomic E-state index is 12.0. The zero-order valence-electron chi connectivity index (χ0n) is 11.7. The first-order chi connectivity index (χ1) is 11.1. The minimum Gasteiger partial charge on any atom is -0.308 e. The molecule has 0 spiro atoms. The molecule has 0 unspecified atom stereocenters. The molecule has 1 heterocycles. The average molecular weight is 456 g/mol. The summed E-state index contributed by atoms with van der Waals surface area (Å²) in [5, 5.41) is 8.46. The van der Waals surface area contributed by atoms with Gasteiger partial charge in [0.2, 0.25) is 0 Å². The zero-order chi connectivity index (χ0) is 16.2. The number of hydrogen-bond acceptors (Lipinski definition) is 3. The van der Waals surface area contributed by atoms with Crippen LogP contribution in [0.4, 0.5) is 15.6 Å². The van der Waals surface area contributed by atoms with Crippen LogP contribution in [0.3, 0.4) is 0 Å². The van der Waals surface area contributed by atoms with E-state index in [1.54, 1.807) is 24.3 Å². The van der Waals surface area contributed by atoms with Gasteiger partial charge in [0.25, 0.3) is 0 Å². The number of urea groups is 1. The van der Waals surface area contributed by atoms with E-state index in [1.807, 2.05) is 29.6 Å². The van der Waals surface area contributed by atoms with E-state index in [9.17, 15) is 4.79 Å². The van der Waals surface area contributed by atoms with Crippen molar-refractivity contribution < 1.29 is 4.79 Å². The number of anilines is 2. The van der Waals surface area contributed by atoms with E-state index in [0.717, 1.165) is 11.3 Å². The van der Waals surface area contributed by atoms with Crippen molar-refractivity contribution in [2.24, 2.45) is 0 Å². The highest BCUT2D eigenvalue weighted by molar-refractivity contribution is 14.1. The minimum absolute atomic E-state index is 0.351. The monoisotopic (exact) mass is 455 g/mol. The molecule has 1 aromatic heterocycles. The fraction of sp³-hybridized carbons (Fsp3) is 0. The molecule has 3 rings (SSSR count). The normalized spacial score (nSPS) is 10.3. The van der Waals surface area contributed by atoms with Crippen molar-refractivity contribution in [2.45, 2.75) is 0 Å². The minimum atomic E-state index is -0.351. The Kier molecular flexibility index (Phi) is 5.14. The van der Waals surface area contributed by atoms with Crippen LogP contribution in [-0.2, 0) is 0 Å². The fourth-order valence-electron chi connectivity index (χ4n) is 1.91. The fourth-order valence-corrected chi connectivity index (χ4v) is 3.17. The molecule has 3 aromatic rings. The number of hydrogen-bond donors (Lipinski definition) is 2. The second kappa shape index (κ2) is 7.29. The summed E-state index contributed by atoms with van der Waals surface area (Å²) in [6.45, 7) is 0. The molecule has 0 bridgehead atoms. The zero-order valence-corrected chi connectivity index (χ0v) is 15.4. The molecule has 0 saturated carbocycles. The molecule has 2 N–H and O–H groups in total. The average Bonchev–Trinajstić information content (AvgIpc) is 2.96. The Hall–Kier alpha value is -1.64. The van der Waals surface area contributed by atoms with Gasteiger partial charge in [-0.25, -0.2) is 9.78 Å². The summed E-state index contributed by atoms with van der Waals surface area (Å²) in [6.07, 6.45) is 0. The molecule has 7 heteroatoms. The SMILES string of the molecule is O=C(Nc1cccc(Cl)c1)Nc1nc(-c2ccc(I)cc2)cs1. The summed E-state index contributed by atoms with van der Waals surface area (Å²) < 4.78 is 1.17. The van der Waals surface area contributed by atoms with Gasteiger partial charge in [-0.05, 0) is 52.9 Å². The van der Waals surface area contributed by atoms with Crippen molar-refractivity contribution in [3.63, 3.8) is 0 Å². The van der Waals surface area contributed by atoms with Gasteiger partial charge >= 0.3 is 6.03 Å². The predicted molar refractivity (Wildman–Crippen MR) is 104 cm³/mol. The van der Waals surface area contributed by atoms with E-state index in [1.165, 1.54) is 14.9 Å². The molecule has 0 aliphatic rings. The van der Waals surface area contributed by atoms with E-state index >= 15 is 0 Å². The molecule has 116 valence electrons. The number of aromatic nitrogens is 1. The molecule has 4 nitrogen and oxygen atoms in total. The maximum atomic E-state index is 12.0. The number of halogens is 2. The summed E-state index contributed by atoms with van der Waals surface area (Å²) in [5.41, 5.74) is 2.49. The lowest BCUT2D eigenvalue weighted by atomic mass is 10.2. The highest BCUT2D eigenvalue weighted by atomic mass is 127. The third kappa shape index (κ3) is 4.43. The van der Waals surface area contributed by atoms with Gasteiger partial charge < -0.3 is 5.32 Å². The number of carbonyl (C=O) groups excluding carboxylic acids is 1. The van der Waals surface area contributed by atoms with Crippen molar-refractivity contribution in [1.82, 2.24) is 4.98 Å². The van der Waals surface area contributed by atoms with E-state index in [2.05, 4.69) is 38.2 Å². The topological polar surface area (TPSA) is 54.0 Å². The maximum Gasteiger partial charge on any atom is 0.325 e. The summed E-state index contributed by atoms with van der Waals surface area (Å²) in [5.74, 6) is 0. The summed E-state index contributed by atoms with van der Waals surface area (Å²) in [6, 6.07) is 14.7. The molecule has 0 fully saturated rings. The summed E-state index contributed by atoms with van der Waals surface area (Å²) in [7, 11) is 0. The summed E-state index contributed by atoms with van der Waals surface area (Å²) >= 11 is 9.53. The molecule has 0 radical (unpaired) electrons. The van der Waals surface area contributed by atoms with Crippen LogP contribution in [-0.4, -0.2) is 11.0 Å². The summed E-state index contributed by atoms with van der Waals surface area (Å²) in [4.78, 5) is 16.4. The Morgan fingerprint density at radius 3 is 2.65 bits per heavy atom. The lowest BCUT2D eigenvalue weighted by Crippen LogP contribution is -2.19. The van der Waals surface area contributed by atoms with Gasteiger partial charge in [0.15, 0.2) is 5.13 Å². The third-order valence-electron chi connectivity index (χ3n) is 2.95. The Bertz CT molecular complexity index is 835. The van der Waals surface area contributed by atoms with E-state index in [0.29, 0.717) is 15.8 Å². The number of nitrogens with zero attached hydrogens (tertiary/aromatic N) is 1. The number of amides is 2. The van der Waals surface area contributed by atoms with Crippen molar-refractivity contribution in [2.75, 3.05) is 10.6 Å². The number of rotatable bonds is 3. The van der Waals surface area contributed by atoms with Crippen molar-refractivity contribution in [3.8, 4) is 11.3 Å². The number of thiazole rings is 1. The standard InChI is InChI=1S/C16H11ClIN3OS/c17-11-2-1-3-13(8-11)19-15(22)21-16-20-14(9-23-16)10-4-6-12(18)7-5-10/h1-9H,(H2,19,20,21,22). The Morgan fingerprint density at radius 1 is 1.13 bits per heavy atom. The number of nitrogens with one attached hydrogen (secondary N) is 2. The second-order valence-electron chi connectivity index (χ2n) is 4.63. The van der Waals surface area contributed by atoms with Gasteiger partial charge in [-0.1, -0.05) is 29.8 Å². The van der Waals surface area contributed by atoms with Gasteiger partial charge in [-0.3, -0.25) is 5.32 Å². The molecule has 0 atom stereocenters. The van der Waals surface area contributed by atoms with Crippen molar-refractivity contribution >= 4 is 62.4 Å². The highest BCUT2D eigenvalue weighted by Gasteiger charge is 2.08. The quantitative estimate of drug-likeness (QED) is 0.497. The Balaban J connectivity index is 1.66. The Labute approximate surface area is 156 Å². The smallest absolute Gasteiger partial charge is 0.308 e. The van der Waals surface area contributed by atoms with Crippen molar-refractivity contribution in [3.05, 3.63) is 62.5 Å². The van der Waals surface area contributed by atoms with Crippen LogP contribution >= 0.6 is 45.5 Å². The third-order valence-corrected chi connectivity index (χ3v) is 4.66. The van der Waals surface area contributed by atoms with Gasteiger partial charge in [0.1, 0.15) is 0 Å². The first-order valence-corrected chi connectivity index (χ1v) is 8.99. The lowest BCUT2D eigenvalue weighted by molar-refractivity contribution is 0.262. The molecular formula is C16H11ClIN3OS. The first-order valence-electron chi connectivity index (χ1n) is 6.65. The number of carbonyl (C=O) groups is 1. The Morgan fingerprint density at radius 2 is 1.91 bits per heavy atom. The van der Waals surface area contributed by atoms with Crippen LogP contribution in [0.15, 0.2) is 53.9 Å². The van der Waals surface area contributed by atoms with Crippen LogP contribution < -0.4 is 10.6 Å². The molecule has 23 heavy (non-hydrogen) atoms. The predicted octanol–water partition coefficient (Wildman–Crippen LogP) is 5.71. The largest absolute Gasteiger partial charge is 0.325 e. The van der Waals surface area contributed by atoms with Crippen molar-refractivity contribution in [1.29, 1.82) is 0 Å². The molecule has 0 aliphatic heterocycles. The van der Waals surface area contributed by atoms with Gasteiger partial charge in [0, 0.05) is 25.2 Å². The van der Waals surface area contributed by atoms with Crippen LogP contribution in [0.5, 0.6) is 0 Å². The van der Waals surface area contributed by atoms with Crippen LogP contribution in [0.1, 0.15) is 0 Å². The van der Waals surface area contributed by atoms with Crippen LogP contribution in [0.2, 0.25) is 5.02 Å². The first kappa shape index (κ1) is 16.2. The molecule has 2 aromatic carbocycles. The van der Waals surface area contributed by atoms with E-state index < -0.39 is 0 Å². The second-order valence-corrected chi connectivity index (χ2v) is 7.17. The molecule has 0 saturated heterocycles. The van der Waals surface area contributed by atoms with E-state index in [-0.39, 0.29) is 6.03 Å². The number of benzene rings is 2. The molecular weight excluding hydrogens is 445 g/mol. The molecule has 2 amide bonds. The van der Waals surface area contributed by atoms with Gasteiger partial charge in [-0.2, -0.15) is 0 Å². The van der Waals surface area contributed by atoms with Crippen LogP contribution in [0, 0.1) is 3.57 Å². The lowest BCUT2D eigenvalue weighted by Gasteiger charge is -2.05. The van der Waals surface area contributed by atoms with Gasteiger partial charge in [0.05, 0.1) is 5.69 Å². The molecule has 0 aliphatic carbocycles.